The summed E-state index contributed by atoms with van der Waals surface area (Å²) < 4.78 is 0. The summed E-state index contributed by atoms with van der Waals surface area (Å²) in [5.41, 5.74) is 0.700. The Kier molecular flexibility index (Phi) is 4.12. The zero-order chi connectivity index (χ0) is 16.3. The number of carbonyl (C=O) groups is 1. The van der Waals surface area contributed by atoms with E-state index in [1.807, 2.05) is 0 Å². The lowest BCUT2D eigenvalue weighted by Crippen LogP contribution is -2.22. The van der Waals surface area contributed by atoms with Crippen LogP contribution in [0.25, 0.3) is 0 Å². The molecule has 0 aliphatic heterocycles. The van der Waals surface area contributed by atoms with Gasteiger partial charge in [0.05, 0.1) is 9.85 Å². The summed E-state index contributed by atoms with van der Waals surface area (Å²) in [6.07, 6.45) is 0. The third-order valence-corrected chi connectivity index (χ3v) is 2.95. The molecule has 0 saturated carbocycles. The maximum atomic E-state index is 11.8. The van der Waals surface area contributed by atoms with Crippen LogP contribution in [0.3, 0.4) is 0 Å². The number of nitro groups is 2. The predicted molar refractivity (Wildman–Crippen MR) is 79.0 cm³/mol. The number of nitro benzene ring substituents is 2. The third kappa shape index (κ3) is 3.06. The van der Waals surface area contributed by atoms with Gasteiger partial charge in [0, 0.05) is 42.6 Å². The number of anilines is 2. The molecule has 0 radical (unpaired) electrons. The molecule has 0 bridgehead atoms. The standard InChI is InChI=1S/C14H11N3O5/c1-10(18)15(11-2-6-13(7-3-11)16(19)20)12-4-8-14(9-5-12)17(21)22/h2-9H,1H3. The van der Waals surface area contributed by atoms with E-state index in [0.717, 1.165) is 0 Å². The Morgan fingerprint density at radius 3 is 1.36 bits per heavy atom. The summed E-state index contributed by atoms with van der Waals surface area (Å²) >= 11 is 0. The smallest absolute Gasteiger partial charge is 0.269 e. The van der Waals surface area contributed by atoms with Crippen LogP contribution >= 0.6 is 0 Å². The minimum Gasteiger partial charge on any atom is -0.281 e. The third-order valence-electron chi connectivity index (χ3n) is 2.95. The van der Waals surface area contributed by atoms with E-state index in [2.05, 4.69) is 0 Å². The molecular weight excluding hydrogens is 290 g/mol. The highest BCUT2D eigenvalue weighted by Gasteiger charge is 2.16. The summed E-state index contributed by atoms with van der Waals surface area (Å²) in [6, 6.07) is 10.9. The van der Waals surface area contributed by atoms with E-state index in [4.69, 9.17) is 0 Å². The molecule has 0 spiro atoms. The van der Waals surface area contributed by atoms with Gasteiger partial charge in [-0.3, -0.25) is 29.9 Å². The molecule has 0 fully saturated rings. The largest absolute Gasteiger partial charge is 0.281 e. The van der Waals surface area contributed by atoms with Gasteiger partial charge in [0.1, 0.15) is 0 Å². The van der Waals surface area contributed by atoms with Crippen molar-refractivity contribution in [2.75, 3.05) is 4.90 Å². The second-order valence-electron chi connectivity index (χ2n) is 4.40. The highest BCUT2D eigenvalue weighted by atomic mass is 16.6. The van der Waals surface area contributed by atoms with Crippen molar-refractivity contribution in [2.45, 2.75) is 6.92 Å². The number of carbonyl (C=O) groups excluding carboxylic acids is 1. The first kappa shape index (κ1) is 15.1. The fourth-order valence-corrected chi connectivity index (χ4v) is 1.96. The second kappa shape index (κ2) is 6.00. The normalized spacial score (nSPS) is 10.0. The number of nitrogens with zero attached hydrogens (tertiary/aromatic N) is 3. The van der Waals surface area contributed by atoms with Crippen molar-refractivity contribution in [2.24, 2.45) is 0 Å². The minimum atomic E-state index is -0.534. The van der Waals surface area contributed by atoms with Crippen molar-refractivity contribution >= 4 is 28.7 Å². The molecule has 0 N–H and O–H groups in total. The fraction of sp³-hybridized carbons (Fsp3) is 0.0714. The fourth-order valence-electron chi connectivity index (χ4n) is 1.96. The van der Waals surface area contributed by atoms with Gasteiger partial charge in [0.25, 0.3) is 11.4 Å². The van der Waals surface area contributed by atoms with Crippen LogP contribution in [0.2, 0.25) is 0 Å². The number of benzene rings is 2. The minimum absolute atomic E-state index is 0.0871. The van der Waals surface area contributed by atoms with Crippen LogP contribution in [0.4, 0.5) is 22.7 Å². The molecule has 0 heterocycles. The van der Waals surface area contributed by atoms with Crippen LogP contribution in [0.15, 0.2) is 48.5 Å². The first-order valence-electron chi connectivity index (χ1n) is 6.20. The Labute approximate surface area is 124 Å². The summed E-state index contributed by atoms with van der Waals surface area (Å²) in [6.45, 7) is 1.34. The van der Waals surface area contributed by atoms with E-state index < -0.39 is 9.85 Å². The highest BCUT2D eigenvalue weighted by Crippen LogP contribution is 2.28. The Morgan fingerprint density at radius 1 is 0.818 bits per heavy atom. The number of amides is 1. The maximum Gasteiger partial charge on any atom is 0.269 e. The van der Waals surface area contributed by atoms with Gasteiger partial charge in [0.15, 0.2) is 0 Å². The van der Waals surface area contributed by atoms with Crippen LogP contribution in [0.1, 0.15) is 6.92 Å². The summed E-state index contributed by atoms with van der Waals surface area (Å²) in [5.74, 6) is -0.317. The van der Waals surface area contributed by atoms with Crippen LogP contribution < -0.4 is 4.90 Å². The molecule has 0 aromatic heterocycles. The number of non-ortho nitro benzene ring substituents is 2. The van der Waals surface area contributed by atoms with E-state index in [-0.39, 0.29) is 17.3 Å². The SMILES string of the molecule is CC(=O)N(c1ccc([N+](=O)[O-])cc1)c1ccc([N+](=O)[O-])cc1. The van der Waals surface area contributed by atoms with Gasteiger partial charge < -0.3 is 0 Å². The van der Waals surface area contributed by atoms with E-state index in [1.54, 1.807) is 0 Å². The lowest BCUT2D eigenvalue weighted by Gasteiger charge is -2.21. The molecule has 2 aromatic rings. The Morgan fingerprint density at radius 2 is 1.14 bits per heavy atom. The van der Waals surface area contributed by atoms with Gasteiger partial charge in [-0.25, -0.2) is 0 Å². The highest BCUT2D eigenvalue weighted by molar-refractivity contribution is 5.99. The quantitative estimate of drug-likeness (QED) is 0.636. The lowest BCUT2D eigenvalue weighted by atomic mass is 10.2. The van der Waals surface area contributed by atoms with Gasteiger partial charge in [-0.2, -0.15) is 0 Å². The van der Waals surface area contributed by atoms with Gasteiger partial charge >= 0.3 is 0 Å². The van der Waals surface area contributed by atoms with Crippen LogP contribution in [-0.4, -0.2) is 15.8 Å². The predicted octanol–water partition coefficient (Wildman–Crippen LogP) is 3.19. The first-order chi connectivity index (χ1) is 10.4. The molecule has 0 aliphatic rings. The lowest BCUT2D eigenvalue weighted by molar-refractivity contribution is -0.385. The molecule has 22 heavy (non-hydrogen) atoms. The average Bonchev–Trinajstić information content (AvgIpc) is 2.48. The molecule has 0 atom stereocenters. The van der Waals surface area contributed by atoms with Crippen LogP contribution in [-0.2, 0) is 4.79 Å². The molecule has 2 aromatic carbocycles. The summed E-state index contributed by atoms with van der Waals surface area (Å²) in [5, 5.41) is 21.3. The molecule has 0 unspecified atom stereocenters. The van der Waals surface area contributed by atoms with Gasteiger partial charge in [0.2, 0.25) is 5.91 Å². The molecule has 2 rings (SSSR count). The monoisotopic (exact) mass is 301 g/mol. The summed E-state index contributed by atoms with van der Waals surface area (Å²) in [4.78, 5) is 33.4. The Hall–Kier alpha value is -3.29. The second-order valence-corrected chi connectivity index (χ2v) is 4.40. The topological polar surface area (TPSA) is 107 Å². The number of hydrogen-bond donors (Lipinski definition) is 0. The van der Waals surface area contributed by atoms with Crippen molar-refractivity contribution in [3.05, 3.63) is 68.8 Å². The van der Waals surface area contributed by atoms with Crippen LogP contribution in [0.5, 0.6) is 0 Å². The maximum absolute atomic E-state index is 11.8. The molecule has 112 valence electrons. The first-order valence-corrected chi connectivity index (χ1v) is 6.20. The molecule has 1 amide bonds. The zero-order valence-corrected chi connectivity index (χ0v) is 11.5. The molecule has 0 saturated heterocycles. The summed E-state index contributed by atoms with van der Waals surface area (Å²) in [7, 11) is 0. The molecule has 0 aliphatic carbocycles. The molecule has 8 nitrogen and oxygen atoms in total. The van der Waals surface area contributed by atoms with Gasteiger partial charge in [-0.1, -0.05) is 0 Å². The van der Waals surface area contributed by atoms with Gasteiger partial charge in [-0.15, -0.1) is 0 Å². The Balaban J connectivity index is 2.39. The molecular formula is C14H11N3O5. The van der Waals surface area contributed by atoms with Crippen molar-refractivity contribution in [3.8, 4) is 0 Å². The van der Waals surface area contributed by atoms with Crippen LogP contribution in [0, 0.1) is 20.2 Å². The Bertz CT molecular complexity index is 668. The zero-order valence-electron chi connectivity index (χ0n) is 11.5. The van der Waals surface area contributed by atoms with E-state index in [9.17, 15) is 25.0 Å². The van der Waals surface area contributed by atoms with E-state index >= 15 is 0 Å². The number of rotatable bonds is 4. The van der Waals surface area contributed by atoms with Crippen molar-refractivity contribution in [3.63, 3.8) is 0 Å². The van der Waals surface area contributed by atoms with Crippen molar-refractivity contribution in [1.82, 2.24) is 0 Å². The molecule has 8 heteroatoms. The average molecular weight is 301 g/mol. The van der Waals surface area contributed by atoms with Gasteiger partial charge in [-0.05, 0) is 24.3 Å². The van der Waals surface area contributed by atoms with Crippen molar-refractivity contribution < 1.29 is 14.6 Å². The van der Waals surface area contributed by atoms with E-state index in [1.165, 1.54) is 60.4 Å². The number of hydrogen-bond acceptors (Lipinski definition) is 5. The van der Waals surface area contributed by atoms with E-state index in [0.29, 0.717) is 11.4 Å². The van der Waals surface area contributed by atoms with Crippen molar-refractivity contribution in [1.29, 1.82) is 0 Å².